The zero-order valence-corrected chi connectivity index (χ0v) is 20.2. The second-order valence-corrected chi connectivity index (χ2v) is 8.87. The van der Waals surface area contributed by atoms with Crippen molar-refractivity contribution < 1.29 is 33.5 Å². The van der Waals surface area contributed by atoms with Gasteiger partial charge in [0.2, 0.25) is 17.7 Å². The third kappa shape index (κ3) is 5.42. The molecule has 3 rings (SSSR count). The Morgan fingerprint density at radius 2 is 1.33 bits per heavy atom. The maximum atomic E-state index is 13.7. The normalized spacial score (nSPS) is 13.9. The van der Waals surface area contributed by atoms with Crippen LogP contribution < -0.4 is 15.1 Å². The van der Waals surface area contributed by atoms with Crippen LogP contribution in [0.4, 0.5) is 27.1 Å². The number of alkyl halides is 1. The molecule has 1 heterocycles. The van der Waals surface area contributed by atoms with E-state index >= 15 is 0 Å². The SMILES string of the molecule is CC(=O)N1c2ccccc2N(C(=O)CC(C(=O)NC(CC(=O)O)C(=O)CF)C(C)C)c2ccccc21. The Bertz CT molecular complexity index is 1150. The lowest BCUT2D eigenvalue weighted by Gasteiger charge is -2.38. The van der Waals surface area contributed by atoms with Gasteiger partial charge in [0.1, 0.15) is 12.7 Å². The van der Waals surface area contributed by atoms with Crippen LogP contribution in [0.25, 0.3) is 0 Å². The van der Waals surface area contributed by atoms with Crippen molar-refractivity contribution >= 4 is 52.2 Å². The molecule has 36 heavy (non-hydrogen) atoms. The van der Waals surface area contributed by atoms with Crippen LogP contribution in [0.2, 0.25) is 0 Å². The summed E-state index contributed by atoms with van der Waals surface area (Å²) in [6.45, 7) is 3.44. The minimum absolute atomic E-state index is 0.233. The summed E-state index contributed by atoms with van der Waals surface area (Å²) in [6.07, 6.45) is -1.03. The van der Waals surface area contributed by atoms with Gasteiger partial charge in [0, 0.05) is 19.3 Å². The number of carbonyl (C=O) groups excluding carboxylic acids is 4. The first kappa shape index (κ1) is 26.5. The average molecular weight is 498 g/mol. The molecule has 2 aromatic carbocycles. The molecule has 0 bridgehead atoms. The maximum Gasteiger partial charge on any atom is 0.305 e. The van der Waals surface area contributed by atoms with Gasteiger partial charge in [0.05, 0.1) is 29.2 Å². The first-order valence-corrected chi connectivity index (χ1v) is 11.5. The molecule has 0 spiro atoms. The molecule has 0 radical (unpaired) electrons. The number of nitrogens with zero attached hydrogens (tertiary/aromatic N) is 2. The summed E-state index contributed by atoms with van der Waals surface area (Å²) < 4.78 is 12.9. The summed E-state index contributed by atoms with van der Waals surface area (Å²) in [5.74, 6) is -5.08. The van der Waals surface area contributed by atoms with Crippen molar-refractivity contribution in [2.75, 3.05) is 16.5 Å². The predicted molar refractivity (Wildman–Crippen MR) is 131 cm³/mol. The average Bonchev–Trinajstić information content (AvgIpc) is 2.83. The topological polar surface area (TPSA) is 124 Å². The number of carboxylic acids is 1. The fraction of sp³-hybridized carbons (Fsp3) is 0.346. The van der Waals surface area contributed by atoms with Crippen molar-refractivity contribution in [3.05, 3.63) is 48.5 Å². The zero-order chi connectivity index (χ0) is 26.6. The summed E-state index contributed by atoms with van der Waals surface area (Å²) in [5, 5.41) is 11.4. The number of ketones is 1. The maximum absolute atomic E-state index is 13.7. The smallest absolute Gasteiger partial charge is 0.305 e. The van der Waals surface area contributed by atoms with Crippen LogP contribution in [-0.2, 0) is 24.0 Å². The number of para-hydroxylation sites is 4. The van der Waals surface area contributed by atoms with Crippen LogP contribution in [0.5, 0.6) is 0 Å². The van der Waals surface area contributed by atoms with Crippen molar-refractivity contribution in [1.29, 1.82) is 0 Å². The van der Waals surface area contributed by atoms with Crippen molar-refractivity contribution in [1.82, 2.24) is 5.32 Å². The predicted octanol–water partition coefficient (Wildman–Crippen LogP) is 3.51. The minimum Gasteiger partial charge on any atom is -0.481 e. The molecule has 1 aliphatic rings. The summed E-state index contributed by atoms with van der Waals surface area (Å²) >= 11 is 0. The van der Waals surface area contributed by atoms with E-state index in [0.29, 0.717) is 22.7 Å². The highest BCUT2D eigenvalue weighted by Gasteiger charge is 2.36. The number of amides is 3. The molecular formula is C26H28FN3O6. The number of carboxylic acid groups (broad SMARTS) is 1. The number of rotatable bonds is 9. The number of benzene rings is 2. The number of anilines is 4. The number of hydrogen-bond donors (Lipinski definition) is 2. The van der Waals surface area contributed by atoms with Gasteiger partial charge in [0.15, 0.2) is 5.78 Å². The lowest BCUT2D eigenvalue weighted by atomic mass is 9.90. The quantitative estimate of drug-likeness (QED) is 0.546. The monoisotopic (exact) mass is 497 g/mol. The van der Waals surface area contributed by atoms with Gasteiger partial charge in [-0.2, -0.15) is 0 Å². The first-order valence-electron chi connectivity index (χ1n) is 11.5. The Balaban J connectivity index is 1.94. The van der Waals surface area contributed by atoms with E-state index < -0.39 is 48.6 Å². The summed E-state index contributed by atoms with van der Waals surface area (Å²) in [6, 6.07) is 12.3. The number of aliphatic carboxylic acids is 1. The number of nitrogens with one attached hydrogen (secondary N) is 1. The van der Waals surface area contributed by atoms with E-state index in [1.165, 1.54) is 16.7 Å². The molecule has 2 N–H and O–H groups in total. The molecule has 2 aromatic rings. The largest absolute Gasteiger partial charge is 0.481 e. The molecule has 1 aliphatic heterocycles. The van der Waals surface area contributed by atoms with E-state index in [2.05, 4.69) is 5.32 Å². The number of Topliss-reactive ketones (excluding diaryl/α,β-unsaturated/α-hetero) is 1. The van der Waals surface area contributed by atoms with Gasteiger partial charge >= 0.3 is 5.97 Å². The van der Waals surface area contributed by atoms with Crippen molar-refractivity contribution in [2.45, 2.75) is 39.7 Å². The number of halogens is 1. The van der Waals surface area contributed by atoms with E-state index in [1.54, 1.807) is 62.4 Å². The van der Waals surface area contributed by atoms with E-state index in [-0.39, 0.29) is 18.2 Å². The van der Waals surface area contributed by atoms with Gasteiger partial charge in [-0.1, -0.05) is 38.1 Å². The Labute approximate surface area is 207 Å². The van der Waals surface area contributed by atoms with Gasteiger partial charge in [-0.15, -0.1) is 0 Å². The lowest BCUT2D eigenvalue weighted by Crippen LogP contribution is -2.47. The van der Waals surface area contributed by atoms with Crippen molar-refractivity contribution in [3.8, 4) is 0 Å². The highest BCUT2D eigenvalue weighted by molar-refractivity contribution is 6.16. The molecule has 0 saturated carbocycles. The molecule has 2 atom stereocenters. The van der Waals surface area contributed by atoms with E-state index in [4.69, 9.17) is 5.11 Å². The third-order valence-corrected chi connectivity index (χ3v) is 6.04. The van der Waals surface area contributed by atoms with Crippen LogP contribution in [0.1, 0.15) is 33.6 Å². The zero-order valence-electron chi connectivity index (χ0n) is 20.2. The fourth-order valence-electron chi connectivity index (χ4n) is 4.25. The molecule has 2 unspecified atom stereocenters. The Morgan fingerprint density at radius 3 is 1.72 bits per heavy atom. The third-order valence-electron chi connectivity index (χ3n) is 6.04. The summed E-state index contributed by atoms with van der Waals surface area (Å²) in [5.41, 5.74) is 1.96. The van der Waals surface area contributed by atoms with Crippen LogP contribution in [0.3, 0.4) is 0 Å². The molecule has 0 fully saturated rings. The van der Waals surface area contributed by atoms with Gasteiger partial charge in [-0.05, 0) is 30.2 Å². The molecule has 0 aromatic heterocycles. The highest BCUT2D eigenvalue weighted by Crippen LogP contribution is 2.48. The lowest BCUT2D eigenvalue weighted by molar-refractivity contribution is -0.141. The fourth-order valence-corrected chi connectivity index (χ4v) is 4.25. The second kappa shape index (κ2) is 11.1. The van der Waals surface area contributed by atoms with Gasteiger partial charge in [0.25, 0.3) is 0 Å². The Hall–Kier alpha value is -4.08. The molecule has 10 heteroatoms. The molecular weight excluding hydrogens is 469 g/mol. The van der Waals surface area contributed by atoms with Crippen molar-refractivity contribution in [2.24, 2.45) is 11.8 Å². The van der Waals surface area contributed by atoms with Crippen LogP contribution in [0.15, 0.2) is 48.5 Å². The summed E-state index contributed by atoms with van der Waals surface area (Å²) in [4.78, 5) is 65.1. The van der Waals surface area contributed by atoms with Gasteiger partial charge in [-0.25, -0.2) is 4.39 Å². The van der Waals surface area contributed by atoms with E-state index in [0.717, 1.165) is 0 Å². The highest BCUT2D eigenvalue weighted by atomic mass is 19.1. The Morgan fingerprint density at radius 1 is 0.861 bits per heavy atom. The van der Waals surface area contributed by atoms with E-state index in [9.17, 15) is 28.4 Å². The van der Waals surface area contributed by atoms with Gasteiger partial charge in [-0.3, -0.25) is 33.8 Å². The van der Waals surface area contributed by atoms with Gasteiger partial charge < -0.3 is 10.4 Å². The molecule has 0 saturated heterocycles. The molecule has 0 aliphatic carbocycles. The van der Waals surface area contributed by atoms with Crippen LogP contribution >= 0.6 is 0 Å². The molecule has 3 amide bonds. The standard InChI is InChI=1S/C26H28FN3O6/c1-15(2)17(26(36)28-18(13-25(34)35)23(32)14-27)12-24(33)30-21-10-6-4-8-19(21)29(16(3)31)20-9-5-7-11-22(20)30/h4-11,15,17-18H,12-14H2,1-3H3,(H,28,36)(H,34,35). The molecule has 190 valence electrons. The number of carbonyl (C=O) groups is 5. The number of fused-ring (bicyclic) bond motifs is 2. The first-order chi connectivity index (χ1) is 17.1. The minimum atomic E-state index is -1.53. The number of hydrogen-bond acceptors (Lipinski definition) is 5. The van der Waals surface area contributed by atoms with Crippen LogP contribution in [-0.4, -0.2) is 47.3 Å². The molecule has 9 nitrogen and oxygen atoms in total. The van der Waals surface area contributed by atoms with Crippen molar-refractivity contribution in [3.63, 3.8) is 0 Å². The summed E-state index contributed by atoms with van der Waals surface area (Å²) in [7, 11) is 0. The Kier molecular flexibility index (Phi) is 8.18. The second-order valence-electron chi connectivity index (χ2n) is 8.87. The van der Waals surface area contributed by atoms with E-state index in [1.807, 2.05) is 0 Å². The van der Waals surface area contributed by atoms with Crippen LogP contribution in [0, 0.1) is 11.8 Å².